The van der Waals surface area contributed by atoms with Gasteiger partial charge < -0.3 is 14.6 Å². The van der Waals surface area contributed by atoms with Gasteiger partial charge in [-0.1, -0.05) is 25.1 Å². The Bertz CT molecular complexity index is 551. The van der Waals surface area contributed by atoms with Crippen molar-refractivity contribution in [2.75, 3.05) is 14.2 Å². The number of hydrogen-bond donors (Lipinski definition) is 1. The molecule has 6 nitrogen and oxygen atoms in total. The number of nitrogens with one attached hydrogen (secondary N) is 1. The molecule has 0 saturated heterocycles. The molecule has 0 aromatic carbocycles. The second-order valence-corrected chi connectivity index (χ2v) is 5.33. The van der Waals surface area contributed by atoms with E-state index in [9.17, 15) is 0 Å². The van der Waals surface area contributed by atoms with Gasteiger partial charge in [-0.15, -0.1) is 0 Å². The molecule has 1 atom stereocenters. The van der Waals surface area contributed by atoms with Gasteiger partial charge in [0.25, 0.3) is 0 Å². The van der Waals surface area contributed by atoms with Crippen LogP contribution in [-0.2, 0) is 12.8 Å². The van der Waals surface area contributed by atoms with Crippen molar-refractivity contribution in [2.24, 2.45) is 5.92 Å². The van der Waals surface area contributed by atoms with Crippen molar-refractivity contribution >= 4 is 0 Å². The molecule has 0 aliphatic rings. The second-order valence-electron chi connectivity index (χ2n) is 5.33. The highest BCUT2D eigenvalue weighted by molar-refractivity contribution is 5.20. The lowest BCUT2D eigenvalue weighted by atomic mass is 10.0. The van der Waals surface area contributed by atoms with Crippen LogP contribution in [0.2, 0.25) is 0 Å². The smallest absolute Gasteiger partial charge is 0.228 e. The highest BCUT2D eigenvalue weighted by atomic mass is 16.5. The van der Waals surface area contributed by atoms with E-state index >= 15 is 0 Å². The quantitative estimate of drug-likeness (QED) is 0.839. The molecule has 0 fully saturated rings. The van der Waals surface area contributed by atoms with Crippen molar-refractivity contribution in [3.63, 3.8) is 0 Å². The first kappa shape index (κ1) is 15.4. The van der Waals surface area contributed by atoms with Crippen LogP contribution in [0.4, 0.5) is 0 Å². The number of rotatable bonds is 7. The van der Waals surface area contributed by atoms with Crippen molar-refractivity contribution in [1.82, 2.24) is 20.4 Å². The lowest BCUT2D eigenvalue weighted by Gasteiger charge is -2.17. The van der Waals surface area contributed by atoms with E-state index in [1.54, 1.807) is 13.3 Å². The zero-order valence-electron chi connectivity index (χ0n) is 13.0. The van der Waals surface area contributed by atoms with E-state index < -0.39 is 0 Å². The van der Waals surface area contributed by atoms with E-state index in [2.05, 4.69) is 34.3 Å². The van der Waals surface area contributed by atoms with Crippen molar-refractivity contribution in [3.8, 4) is 5.88 Å². The maximum Gasteiger partial charge on any atom is 0.228 e. The van der Waals surface area contributed by atoms with Crippen LogP contribution >= 0.6 is 0 Å². The first-order valence-corrected chi connectivity index (χ1v) is 7.10. The predicted octanol–water partition coefficient (Wildman–Crippen LogP) is 1.85. The minimum absolute atomic E-state index is 0.334. The van der Waals surface area contributed by atoms with Crippen LogP contribution < -0.4 is 10.1 Å². The topological polar surface area (TPSA) is 73.1 Å². The van der Waals surface area contributed by atoms with E-state index in [0.717, 1.165) is 12.0 Å². The van der Waals surface area contributed by atoms with Crippen molar-refractivity contribution < 1.29 is 9.26 Å². The number of pyridine rings is 1. The molecule has 1 unspecified atom stereocenters. The molecule has 2 aromatic rings. The van der Waals surface area contributed by atoms with Gasteiger partial charge in [-0.2, -0.15) is 4.98 Å². The van der Waals surface area contributed by atoms with E-state index in [1.165, 1.54) is 0 Å². The highest BCUT2D eigenvalue weighted by Crippen LogP contribution is 2.12. The lowest BCUT2D eigenvalue weighted by molar-refractivity contribution is 0.333. The van der Waals surface area contributed by atoms with Gasteiger partial charge in [0, 0.05) is 31.1 Å². The normalized spacial score (nSPS) is 12.6. The molecule has 0 aliphatic heterocycles. The third-order valence-corrected chi connectivity index (χ3v) is 3.45. The molecule has 1 N–H and O–H groups in total. The summed E-state index contributed by atoms with van der Waals surface area (Å²) in [4.78, 5) is 8.61. The van der Waals surface area contributed by atoms with Gasteiger partial charge >= 0.3 is 0 Å². The van der Waals surface area contributed by atoms with E-state index in [-0.39, 0.29) is 0 Å². The summed E-state index contributed by atoms with van der Waals surface area (Å²) in [6.45, 7) is 4.34. The largest absolute Gasteiger partial charge is 0.481 e. The van der Waals surface area contributed by atoms with Gasteiger partial charge in [-0.05, 0) is 18.5 Å². The average molecular weight is 290 g/mol. The summed E-state index contributed by atoms with van der Waals surface area (Å²) in [7, 11) is 3.55. The maximum absolute atomic E-state index is 5.32. The summed E-state index contributed by atoms with van der Waals surface area (Å²) < 4.78 is 10.4. The molecule has 2 heterocycles. The number of methoxy groups -OCH3 is 1. The minimum atomic E-state index is 0.334. The molecule has 2 rings (SSSR count). The van der Waals surface area contributed by atoms with Crippen LogP contribution in [0, 0.1) is 5.92 Å². The van der Waals surface area contributed by atoms with E-state index in [4.69, 9.17) is 9.26 Å². The standard InChI is InChI=1S/C15H22N4O2/c1-10(2)12(16-3)8-15-18-13(19-21-15)7-11-5-6-14(20-4)17-9-11/h5-6,9-10,12,16H,7-8H2,1-4H3. The van der Waals surface area contributed by atoms with Crippen molar-refractivity contribution in [3.05, 3.63) is 35.6 Å². The second kappa shape index (κ2) is 7.17. The summed E-state index contributed by atoms with van der Waals surface area (Å²) in [5.74, 6) is 2.45. The molecule has 2 aromatic heterocycles. The van der Waals surface area contributed by atoms with E-state index in [0.29, 0.717) is 36.0 Å². The molecule has 0 radical (unpaired) electrons. The Kier molecular flexibility index (Phi) is 5.27. The maximum atomic E-state index is 5.32. The zero-order valence-corrected chi connectivity index (χ0v) is 13.0. The average Bonchev–Trinajstić information content (AvgIpc) is 2.92. The molecule has 114 valence electrons. The fourth-order valence-corrected chi connectivity index (χ4v) is 2.12. The monoisotopic (exact) mass is 290 g/mol. The van der Waals surface area contributed by atoms with Crippen LogP contribution in [0.25, 0.3) is 0 Å². The fourth-order valence-electron chi connectivity index (χ4n) is 2.12. The van der Waals surface area contributed by atoms with Crippen molar-refractivity contribution in [1.29, 1.82) is 0 Å². The molecule has 0 saturated carbocycles. The van der Waals surface area contributed by atoms with Crippen LogP contribution in [0.15, 0.2) is 22.9 Å². The molecule has 0 aliphatic carbocycles. The third kappa shape index (κ3) is 4.26. The fraction of sp³-hybridized carbons (Fsp3) is 0.533. The van der Waals surface area contributed by atoms with Crippen LogP contribution in [0.5, 0.6) is 5.88 Å². The Labute approximate surface area is 124 Å². The Morgan fingerprint density at radius 1 is 1.33 bits per heavy atom. The third-order valence-electron chi connectivity index (χ3n) is 3.45. The Morgan fingerprint density at radius 2 is 2.14 bits per heavy atom. The summed E-state index contributed by atoms with van der Waals surface area (Å²) in [5.41, 5.74) is 1.03. The molecular weight excluding hydrogens is 268 g/mol. The molecule has 0 bridgehead atoms. The lowest BCUT2D eigenvalue weighted by Crippen LogP contribution is -2.32. The van der Waals surface area contributed by atoms with Crippen molar-refractivity contribution in [2.45, 2.75) is 32.7 Å². The summed E-state index contributed by atoms with van der Waals surface area (Å²) in [6.07, 6.45) is 3.10. The van der Waals surface area contributed by atoms with Gasteiger partial charge in [-0.25, -0.2) is 4.98 Å². The molecule has 6 heteroatoms. The van der Waals surface area contributed by atoms with Gasteiger partial charge in [0.05, 0.1) is 7.11 Å². The van der Waals surface area contributed by atoms with Gasteiger partial charge in [0.1, 0.15) is 0 Å². The number of hydrogen-bond acceptors (Lipinski definition) is 6. The first-order valence-electron chi connectivity index (χ1n) is 7.10. The number of ether oxygens (including phenoxy) is 1. The summed E-state index contributed by atoms with van der Waals surface area (Å²) in [5, 5.41) is 7.30. The predicted molar refractivity (Wildman–Crippen MR) is 79.3 cm³/mol. The van der Waals surface area contributed by atoms with Gasteiger partial charge in [0.15, 0.2) is 5.82 Å². The Balaban J connectivity index is 1.99. The molecule has 0 amide bonds. The first-order chi connectivity index (χ1) is 10.1. The molecule has 21 heavy (non-hydrogen) atoms. The zero-order chi connectivity index (χ0) is 15.2. The Hall–Kier alpha value is -1.95. The SMILES string of the molecule is CNC(Cc1nc(Cc2ccc(OC)nc2)no1)C(C)C. The summed E-state index contributed by atoms with van der Waals surface area (Å²) in [6, 6.07) is 4.11. The highest BCUT2D eigenvalue weighted by Gasteiger charge is 2.16. The number of likely N-dealkylation sites (N-methyl/N-ethyl adjacent to an activating group) is 1. The van der Waals surface area contributed by atoms with Gasteiger partial charge in [-0.3, -0.25) is 0 Å². The minimum Gasteiger partial charge on any atom is -0.481 e. The van der Waals surface area contributed by atoms with Gasteiger partial charge in [0.2, 0.25) is 11.8 Å². The molecular formula is C15H22N4O2. The summed E-state index contributed by atoms with van der Waals surface area (Å²) >= 11 is 0. The molecule has 0 spiro atoms. The Morgan fingerprint density at radius 3 is 2.71 bits per heavy atom. The van der Waals surface area contributed by atoms with Crippen LogP contribution in [0.1, 0.15) is 31.1 Å². The number of nitrogens with zero attached hydrogens (tertiary/aromatic N) is 3. The number of aromatic nitrogens is 3. The van der Waals surface area contributed by atoms with E-state index in [1.807, 2.05) is 19.2 Å². The van der Waals surface area contributed by atoms with Crippen LogP contribution in [0.3, 0.4) is 0 Å². The van der Waals surface area contributed by atoms with Crippen LogP contribution in [-0.4, -0.2) is 35.3 Å².